The van der Waals surface area contributed by atoms with Crippen molar-refractivity contribution in [3.8, 4) is 0 Å². The van der Waals surface area contributed by atoms with E-state index >= 15 is 0 Å². The quantitative estimate of drug-likeness (QED) is 0.263. The number of aromatic amines is 1. The van der Waals surface area contributed by atoms with Crippen molar-refractivity contribution in [2.75, 3.05) is 44.8 Å². The predicted molar refractivity (Wildman–Crippen MR) is 136 cm³/mol. The molecule has 1 aliphatic rings. The highest BCUT2D eigenvalue weighted by Crippen LogP contribution is 2.16. The van der Waals surface area contributed by atoms with Gasteiger partial charge >= 0.3 is 0 Å². The number of aromatic nitrogens is 3. The second kappa shape index (κ2) is 13.0. The summed E-state index contributed by atoms with van der Waals surface area (Å²) < 4.78 is 16.7. The van der Waals surface area contributed by atoms with Crippen molar-refractivity contribution < 1.29 is 14.0 Å². The molecule has 11 nitrogen and oxygen atoms in total. The van der Waals surface area contributed by atoms with Gasteiger partial charge in [-0.1, -0.05) is 39.4 Å². The Labute approximate surface area is 206 Å². The summed E-state index contributed by atoms with van der Waals surface area (Å²) in [5.41, 5.74) is 8.13. The van der Waals surface area contributed by atoms with Crippen molar-refractivity contribution in [3.63, 3.8) is 0 Å². The fraction of sp³-hybridized carbons (Fsp3) is 0.542. The molecule has 35 heavy (non-hydrogen) atoms. The van der Waals surface area contributed by atoms with Gasteiger partial charge in [-0.2, -0.15) is 10.1 Å². The Morgan fingerprint density at radius 1 is 1.29 bits per heavy atom. The molecule has 0 unspecified atom stereocenters. The average molecular weight is 487 g/mol. The minimum atomic E-state index is 0.298. The highest BCUT2D eigenvalue weighted by Gasteiger charge is 2.12. The van der Waals surface area contributed by atoms with E-state index < -0.39 is 0 Å². The van der Waals surface area contributed by atoms with Gasteiger partial charge in [-0.3, -0.25) is 10.00 Å². The maximum Gasteiger partial charge on any atom is 0.218 e. The summed E-state index contributed by atoms with van der Waals surface area (Å²) in [6.07, 6.45) is 1.63. The number of aliphatic imine (C=N–C) groups is 1. The number of nitrogens with zero attached hydrogens (tertiary/aromatic N) is 4. The molecular weight excluding hydrogens is 448 g/mol. The summed E-state index contributed by atoms with van der Waals surface area (Å²) in [4.78, 5) is 6.77. The maximum atomic E-state index is 6.21. The molecule has 0 saturated carbocycles. The zero-order valence-electron chi connectivity index (χ0n) is 21.1. The summed E-state index contributed by atoms with van der Waals surface area (Å²) in [7, 11) is 0. The molecule has 0 aliphatic carbocycles. The number of nitrogens with two attached hydrogens (primary N) is 1. The largest absolute Gasteiger partial charge is 0.476 e. The average Bonchev–Trinajstić information content (AvgIpc) is 3.48. The minimum absolute atomic E-state index is 0.298. The Kier molecular flexibility index (Phi) is 9.74. The summed E-state index contributed by atoms with van der Waals surface area (Å²) in [5.74, 6) is 3.06. The van der Waals surface area contributed by atoms with E-state index in [4.69, 9.17) is 19.7 Å². The Bertz CT molecular complexity index is 1000. The molecule has 0 spiro atoms. The van der Waals surface area contributed by atoms with E-state index in [9.17, 15) is 0 Å². The third-order valence-corrected chi connectivity index (χ3v) is 5.41. The lowest BCUT2D eigenvalue weighted by Gasteiger charge is -2.26. The first-order chi connectivity index (χ1) is 16.8. The molecule has 0 atom stereocenters. The smallest absolute Gasteiger partial charge is 0.218 e. The standard InChI is InChI=1S/C24H38N8O3/c1-16(2)20-13-23(30-29-20)28-22(25)14-24(34-11-8-32-6-9-33-10-7-32)27-18(5)26-15-19-12-21(17(3)4)31-35-19/h12-14,16-17,26H,5-11,15,25H2,1-4H3,(H2,28,29,30)/b22-14+,27-24+. The number of nitrogens with one attached hydrogen (secondary N) is 3. The molecule has 0 radical (unpaired) electrons. The minimum Gasteiger partial charge on any atom is -0.476 e. The van der Waals surface area contributed by atoms with Crippen molar-refractivity contribution >= 4 is 11.7 Å². The van der Waals surface area contributed by atoms with Crippen molar-refractivity contribution in [3.05, 3.63) is 53.6 Å². The van der Waals surface area contributed by atoms with Crippen LogP contribution in [0.15, 0.2) is 45.9 Å². The second-order valence-electron chi connectivity index (χ2n) is 9.01. The number of ether oxygens (including phenoxy) is 2. The van der Waals surface area contributed by atoms with Crippen LogP contribution in [0.4, 0.5) is 5.82 Å². The number of hydrogen-bond acceptors (Lipinski definition) is 10. The molecule has 3 rings (SSSR count). The van der Waals surface area contributed by atoms with E-state index in [0.717, 1.165) is 44.2 Å². The van der Waals surface area contributed by atoms with Crippen LogP contribution in [0.5, 0.6) is 0 Å². The van der Waals surface area contributed by atoms with Crippen LogP contribution in [0, 0.1) is 0 Å². The number of hydrogen-bond donors (Lipinski definition) is 4. The van der Waals surface area contributed by atoms with Crippen LogP contribution in [0.25, 0.3) is 0 Å². The monoisotopic (exact) mass is 486 g/mol. The normalized spacial score (nSPS) is 15.6. The van der Waals surface area contributed by atoms with Crippen molar-refractivity contribution in [1.29, 1.82) is 0 Å². The molecule has 0 bridgehead atoms. The van der Waals surface area contributed by atoms with Gasteiger partial charge in [-0.05, 0) is 11.8 Å². The van der Waals surface area contributed by atoms with Crippen LogP contribution < -0.4 is 16.4 Å². The zero-order valence-corrected chi connectivity index (χ0v) is 21.1. The Balaban J connectivity index is 1.62. The topological polar surface area (TPSA) is 139 Å². The maximum absolute atomic E-state index is 6.21. The summed E-state index contributed by atoms with van der Waals surface area (Å²) >= 11 is 0. The molecule has 0 aromatic carbocycles. The van der Waals surface area contributed by atoms with Gasteiger partial charge in [0, 0.05) is 43.5 Å². The Morgan fingerprint density at radius 2 is 2.06 bits per heavy atom. The van der Waals surface area contributed by atoms with Gasteiger partial charge in [0.1, 0.15) is 18.2 Å². The first-order valence-electron chi connectivity index (χ1n) is 12.0. The lowest BCUT2D eigenvalue weighted by atomic mass is 10.1. The van der Waals surface area contributed by atoms with E-state index in [2.05, 4.69) is 70.2 Å². The highest BCUT2D eigenvalue weighted by molar-refractivity contribution is 5.89. The summed E-state index contributed by atoms with van der Waals surface area (Å²) in [5, 5.41) is 17.5. The predicted octanol–water partition coefficient (Wildman–Crippen LogP) is 2.86. The number of anilines is 1. The van der Waals surface area contributed by atoms with Crippen LogP contribution in [0.2, 0.25) is 0 Å². The molecule has 192 valence electrons. The molecule has 0 amide bonds. The van der Waals surface area contributed by atoms with Crippen molar-refractivity contribution in [2.24, 2.45) is 10.7 Å². The van der Waals surface area contributed by atoms with Crippen LogP contribution in [0.1, 0.15) is 56.7 Å². The Morgan fingerprint density at radius 3 is 2.71 bits per heavy atom. The molecular formula is C24H38N8O3. The first kappa shape index (κ1) is 26.3. The van der Waals surface area contributed by atoms with Gasteiger partial charge in [-0.25, -0.2) is 0 Å². The van der Waals surface area contributed by atoms with Crippen molar-refractivity contribution in [1.82, 2.24) is 25.6 Å². The van der Waals surface area contributed by atoms with E-state index in [1.807, 2.05) is 12.1 Å². The van der Waals surface area contributed by atoms with Gasteiger partial charge in [0.05, 0.1) is 25.5 Å². The molecule has 2 aromatic heterocycles. The first-order valence-corrected chi connectivity index (χ1v) is 12.0. The number of H-pyrrole nitrogens is 1. The van der Waals surface area contributed by atoms with E-state index in [1.165, 1.54) is 0 Å². The molecule has 1 fully saturated rings. The lowest BCUT2D eigenvalue weighted by molar-refractivity contribution is 0.0316. The van der Waals surface area contributed by atoms with Gasteiger partial charge in [0.15, 0.2) is 11.6 Å². The zero-order chi connectivity index (χ0) is 25.2. The second-order valence-corrected chi connectivity index (χ2v) is 9.01. The number of rotatable bonds is 12. The molecule has 1 saturated heterocycles. The SMILES string of the molecule is C=C(/N=C(\C=C(/N)Nc1cc(C(C)C)[nH]n1)OCCN1CCOCC1)NCc1cc(C(C)C)no1. The third-order valence-electron chi connectivity index (χ3n) is 5.41. The molecule has 11 heteroatoms. The van der Waals surface area contributed by atoms with E-state index in [1.54, 1.807) is 6.08 Å². The summed E-state index contributed by atoms with van der Waals surface area (Å²) in [6.45, 7) is 17.2. The molecule has 1 aliphatic heterocycles. The molecule has 3 heterocycles. The van der Waals surface area contributed by atoms with Crippen LogP contribution in [0.3, 0.4) is 0 Å². The van der Waals surface area contributed by atoms with Crippen molar-refractivity contribution in [2.45, 2.75) is 46.1 Å². The van der Waals surface area contributed by atoms with Gasteiger partial charge < -0.3 is 30.4 Å². The lowest BCUT2D eigenvalue weighted by Crippen LogP contribution is -2.38. The fourth-order valence-corrected chi connectivity index (χ4v) is 3.27. The van der Waals surface area contributed by atoms with Crippen LogP contribution in [-0.2, 0) is 16.0 Å². The van der Waals surface area contributed by atoms with E-state index in [0.29, 0.717) is 54.1 Å². The van der Waals surface area contributed by atoms with Gasteiger partial charge in [0.25, 0.3) is 0 Å². The number of morpholine rings is 1. The highest BCUT2D eigenvalue weighted by atomic mass is 16.5. The summed E-state index contributed by atoms with van der Waals surface area (Å²) in [6, 6.07) is 3.84. The van der Waals surface area contributed by atoms with Gasteiger partial charge in [0.2, 0.25) is 5.90 Å². The van der Waals surface area contributed by atoms with Crippen LogP contribution >= 0.6 is 0 Å². The van der Waals surface area contributed by atoms with Gasteiger partial charge in [-0.15, -0.1) is 0 Å². The third kappa shape index (κ3) is 8.76. The van der Waals surface area contributed by atoms with E-state index in [-0.39, 0.29) is 0 Å². The van der Waals surface area contributed by atoms with Crippen LogP contribution in [-0.4, -0.2) is 65.6 Å². The Hall–Kier alpha value is -3.31. The molecule has 5 N–H and O–H groups in total. The fourth-order valence-electron chi connectivity index (χ4n) is 3.27. The molecule has 2 aromatic rings.